The third-order valence-corrected chi connectivity index (χ3v) is 3.56. The van der Waals surface area contributed by atoms with Crippen molar-refractivity contribution in [1.29, 1.82) is 0 Å². The molecule has 1 aromatic heterocycles. The Labute approximate surface area is 135 Å². The van der Waals surface area contributed by atoms with Crippen molar-refractivity contribution in [1.82, 2.24) is 9.97 Å². The number of carbonyl (C=O) groups excluding carboxylic acids is 1. The summed E-state index contributed by atoms with van der Waals surface area (Å²) in [6.07, 6.45) is 1.53. The van der Waals surface area contributed by atoms with E-state index in [0.717, 1.165) is 32.6 Å². The lowest BCUT2D eigenvalue weighted by Gasteiger charge is -2.09. The van der Waals surface area contributed by atoms with E-state index in [1.165, 1.54) is 13.3 Å². The molecular formula is C16H13BrN4O. The summed E-state index contributed by atoms with van der Waals surface area (Å²) in [6, 6.07) is 13.3. The zero-order chi connectivity index (χ0) is 15.5. The molecule has 2 aromatic carbocycles. The Kier molecular flexibility index (Phi) is 4.02. The average molecular weight is 357 g/mol. The maximum absolute atomic E-state index is 11.0. The van der Waals surface area contributed by atoms with Crippen molar-refractivity contribution < 1.29 is 4.79 Å². The van der Waals surface area contributed by atoms with E-state index in [9.17, 15) is 4.79 Å². The van der Waals surface area contributed by atoms with E-state index in [1.807, 2.05) is 42.5 Å². The molecule has 0 fully saturated rings. The molecule has 0 aliphatic heterocycles. The minimum atomic E-state index is -0.0904. The van der Waals surface area contributed by atoms with Crippen molar-refractivity contribution in [3.8, 4) is 0 Å². The largest absolute Gasteiger partial charge is 0.340 e. The minimum Gasteiger partial charge on any atom is -0.340 e. The number of halogens is 1. The number of benzene rings is 2. The summed E-state index contributed by atoms with van der Waals surface area (Å²) in [5.74, 6) is 0.644. The Balaban J connectivity index is 1.89. The van der Waals surface area contributed by atoms with Crippen LogP contribution >= 0.6 is 15.9 Å². The Morgan fingerprint density at radius 1 is 1.05 bits per heavy atom. The number of hydrogen-bond donors (Lipinski definition) is 2. The number of nitrogens with zero attached hydrogens (tertiary/aromatic N) is 2. The van der Waals surface area contributed by atoms with Crippen molar-refractivity contribution in [2.24, 2.45) is 0 Å². The molecule has 0 saturated carbocycles. The fraction of sp³-hybridized carbons (Fsp3) is 0.0625. The van der Waals surface area contributed by atoms with Crippen LogP contribution in [-0.2, 0) is 4.79 Å². The molecule has 0 aliphatic carbocycles. The van der Waals surface area contributed by atoms with Gasteiger partial charge in [-0.1, -0.05) is 15.9 Å². The maximum atomic E-state index is 11.0. The Hall–Kier alpha value is -2.47. The lowest BCUT2D eigenvalue weighted by Crippen LogP contribution is -2.05. The van der Waals surface area contributed by atoms with E-state index in [0.29, 0.717) is 0 Å². The second-order valence-electron chi connectivity index (χ2n) is 4.77. The number of carbonyl (C=O) groups is 1. The minimum absolute atomic E-state index is 0.0904. The predicted molar refractivity (Wildman–Crippen MR) is 91.3 cm³/mol. The van der Waals surface area contributed by atoms with Gasteiger partial charge in [-0.2, -0.15) is 0 Å². The van der Waals surface area contributed by atoms with Crippen LogP contribution in [-0.4, -0.2) is 15.9 Å². The molecule has 0 atom stereocenters. The van der Waals surface area contributed by atoms with Gasteiger partial charge in [0.2, 0.25) is 5.91 Å². The van der Waals surface area contributed by atoms with Gasteiger partial charge in [-0.25, -0.2) is 9.97 Å². The molecule has 0 spiro atoms. The summed E-state index contributed by atoms with van der Waals surface area (Å²) in [4.78, 5) is 19.6. The topological polar surface area (TPSA) is 66.9 Å². The van der Waals surface area contributed by atoms with Crippen molar-refractivity contribution in [3.05, 3.63) is 53.3 Å². The predicted octanol–water partition coefficient (Wildman–Crippen LogP) is 4.09. The van der Waals surface area contributed by atoms with Gasteiger partial charge in [-0.3, -0.25) is 4.79 Å². The van der Waals surface area contributed by atoms with Gasteiger partial charge in [-0.05, 0) is 42.5 Å². The molecule has 0 unspecified atom stereocenters. The number of fused-ring (bicyclic) bond motifs is 1. The van der Waals surface area contributed by atoms with Crippen LogP contribution in [0.1, 0.15) is 6.92 Å². The zero-order valence-corrected chi connectivity index (χ0v) is 13.4. The Bertz CT molecular complexity index is 833. The number of aromatic nitrogens is 2. The van der Waals surface area contributed by atoms with Gasteiger partial charge < -0.3 is 10.6 Å². The molecule has 0 saturated heterocycles. The van der Waals surface area contributed by atoms with Crippen LogP contribution in [0.25, 0.3) is 10.9 Å². The van der Waals surface area contributed by atoms with E-state index in [4.69, 9.17) is 0 Å². The molecule has 6 heteroatoms. The van der Waals surface area contributed by atoms with Gasteiger partial charge >= 0.3 is 0 Å². The Morgan fingerprint density at radius 2 is 1.77 bits per heavy atom. The van der Waals surface area contributed by atoms with Crippen LogP contribution in [0.3, 0.4) is 0 Å². The fourth-order valence-electron chi connectivity index (χ4n) is 2.11. The third-order valence-electron chi connectivity index (χ3n) is 3.07. The van der Waals surface area contributed by atoms with Crippen LogP contribution in [0.4, 0.5) is 17.2 Å². The molecule has 110 valence electrons. The van der Waals surface area contributed by atoms with Crippen molar-refractivity contribution in [3.63, 3.8) is 0 Å². The van der Waals surface area contributed by atoms with E-state index in [1.54, 1.807) is 0 Å². The van der Waals surface area contributed by atoms with Crippen LogP contribution in [0.15, 0.2) is 53.3 Å². The second-order valence-corrected chi connectivity index (χ2v) is 5.68. The highest BCUT2D eigenvalue weighted by Gasteiger charge is 2.05. The molecule has 5 nitrogen and oxygen atoms in total. The number of hydrogen-bond acceptors (Lipinski definition) is 4. The van der Waals surface area contributed by atoms with Gasteiger partial charge in [0.25, 0.3) is 0 Å². The Morgan fingerprint density at radius 3 is 2.50 bits per heavy atom. The number of amides is 1. The third kappa shape index (κ3) is 3.23. The summed E-state index contributed by atoms with van der Waals surface area (Å²) in [7, 11) is 0. The van der Waals surface area contributed by atoms with E-state index >= 15 is 0 Å². The number of anilines is 3. The van der Waals surface area contributed by atoms with Crippen molar-refractivity contribution in [2.45, 2.75) is 6.92 Å². The van der Waals surface area contributed by atoms with Gasteiger partial charge in [0.05, 0.1) is 5.52 Å². The highest BCUT2D eigenvalue weighted by atomic mass is 79.9. The zero-order valence-electron chi connectivity index (χ0n) is 11.8. The van der Waals surface area contributed by atoms with Crippen LogP contribution in [0.5, 0.6) is 0 Å². The molecule has 0 radical (unpaired) electrons. The molecule has 1 amide bonds. The van der Waals surface area contributed by atoms with Crippen molar-refractivity contribution in [2.75, 3.05) is 10.6 Å². The fourth-order valence-corrected chi connectivity index (χ4v) is 2.47. The molecule has 1 heterocycles. The van der Waals surface area contributed by atoms with Gasteiger partial charge in [0, 0.05) is 28.2 Å². The number of rotatable bonds is 3. The summed E-state index contributed by atoms with van der Waals surface area (Å²) in [6.45, 7) is 1.48. The average Bonchev–Trinajstić information content (AvgIpc) is 2.49. The molecular weight excluding hydrogens is 344 g/mol. The summed E-state index contributed by atoms with van der Waals surface area (Å²) in [5.41, 5.74) is 2.51. The lowest BCUT2D eigenvalue weighted by atomic mass is 10.2. The monoisotopic (exact) mass is 356 g/mol. The van der Waals surface area contributed by atoms with Gasteiger partial charge in [0.15, 0.2) is 0 Å². The molecule has 2 N–H and O–H groups in total. The normalized spacial score (nSPS) is 10.5. The standard InChI is InChI=1S/C16H13BrN4O/c1-10(22)20-12-3-5-13(6-4-12)21-16-14-8-11(17)2-7-15(14)18-9-19-16/h2-9H,1H3,(H,20,22)(H,18,19,21). The molecule has 3 aromatic rings. The first-order valence-corrected chi connectivity index (χ1v) is 7.46. The quantitative estimate of drug-likeness (QED) is 0.741. The lowest BCUT2D eigenvalue weighted by molar-refractivity contribution is -0.114. The van der Waals surface area contributed by atoms with Gasteiger partial charge in [0.1, 0.15) is 12.1 Å². The van der Waals surface area contributed by atoms with E-state index in [-0.39, 0.29) is 5.91 Å². The first kappa shape index (κ1) is 14.5. The summed E-state index contributed by atoms with van der Waals surface area (Å²) >= 11 is 3.46. The SMILES string of the molecule is CC(=O)Nc1ccc(Nc2ncnc3ccc(Br)cc23)cc1. The smallest absolute Gasteiger partial charge is 0.221 e. The number of nitrogens with one attached hydrogen (secondary N) is 2. The van der Waals surface area contributed by atoms with Crippen LogP contribution in [0.2, 0.25) is 0 Å². The van der Waals surface area contributed by atoms with Gasteiger partial charge in [-0.15, -0.1) is 0 Å². The highest BCUT2D eigenvalue weighted by molar-refractivity contribution is 9.10. The summed E-state index contributed by atoms with van der Waals surface area (Å²) < 4.78 is 0.971. The summed E-state index contributed by atoms with van der Waals surface area (Å²) in [5, 5.41) is 6.94. The highest BCUT2D eigenvalue weighted by Crippen LogP contribution is 2.26. The molecule has 3 rings (SSSR count). The first-order chi connectivity index (χ1) is 10.6. The van der Waals surface area contributed by atoms with E-state index in [2.05, 4.69) is 36.5 Å². The first-order valence-electron chi connectivity index (χ1n) is 6.67. The van der Waals surface area contributed by atoms with E-state index < -0.39 is 0 Å². The maximum Gasteiger partial charge on any atom is 0.221 e. The van der Waals surface area contributed by atoms with Crippen LogP contribution in [0, 0.1) is 0 Å². The van der Waals surface area contributed by atoms with Crippen molar-refractivity contribution >= 4 is 49.9 Å². The van der Waals surface area contributed by atoms with Crippen LogP contribution < -0.4 is 10.6 Å². The second kappa shape index (κ2) is 6.11. The molecule has 22 heavy (non-hydrogen) atoms. The molecule has 0 bridgehead atoms. The molecule has 0 aliphatic rings.